The van der Waals surface area contributed by atoms with Gasteiger partial charge in [-0.25, -0.2) is 9.13 Å². The average molecular weight is 1600 g/mol. The Morgan fingerprint density at radius 1 is 0.259 bits per heavy atom. The summed E-state index contributed by atoms with van der Waals surface area (Å²) in [6.45, 7) is 4.33. The molecule has 17 nitrogen and oxygen atoms in total. The van der Waals surface area contributed by atoms with Crippen LogP contribution in [0.25, 0.3) is 0 Å². The lowest BCUT2D eigenvalue weighted by Crippen LogP contribution is -2.30. The summed E-state index contributed by atoms with van der Waals surface area (Å²) in [6.07, 6.45) is 104. The van der Waals surface area contributed by atoms with Gasteiger partial charge in [0, 0.05) is 25.7 Å². The van der Waals surface area contributed by atoms with Crippen molar-refractivity contribution in [2.45, 2.75) is 316 Å². The molecule has 0 bridgehead atoms. The van der Waals surface area contributed by atoms with E-state index in [0.717, 1.165) is 186 Å². The topological polar surface area (TPSA) is 237 Å². The van der Waals surface area contributed by atoms with Gasteiger partial charge in [-0.1, -0.05) is 298 Å². The Labute approximate surface area is 678 Å². The lowest BCUT2D eigenvalue weighted by Gasteiger charge is -2.21. The van der Waals surface area contributed by atoms with Gasteiger partial charge in [0.25, 0.3) is 0 Å². The molecule has 5 atom stereocenters. The van der Waals surface area contributed by atoms with Crippen LogP contribution in [0.5, 0.6) is 0 Å². The van der Waals surface area contributed by atoms with Crippen LogP contribution in [0.1, 0.15) is 297 Å². The maximum Gasteiger partial charge on any atom is 0.472 e. The van der Waals surface area contributed by atoms with Gasteiger partial charge in [0.1, 0.15) is 19.3 Å². The fourth-order valence-corrected chi connectivity index (χ4v) is 12.0. The van der Waals surface area contributed by atoms with E-state index in [1.165, 1.54) is 19.3 Å². The summed E-state index contributed by atoms with van der Waals surface area (Å²) >= 11 is 0. The quantitative estimate of drug-likeness (QED) is 0.0169. The third-order valence-corrected chi connectivity index (χ3v) is 18.6. The fourth-order valence-electron chi connectivity index (χ4n) is 10.4. The lowest BCUT2D eigenvalue weighted by atomic mass is 10.1. The zero-order valence-electron chi connectivity index (χ0n) is 69.3. The first kappa shape index (κ1) is 106. The molecule has 0 fully saturated rings. The number of phosphoric acid groups is 2. The number of unbranched alkanes of at least 4 members (excludes halogenated alkanes) is 17. The summed E-state index contributed by atoms with van der Waals surface area (Å²) in [5, 5.41) is 10.7. The van der Waals surface area contributed by atoms with Crippen molar-refractivity contribution in [1.29, 1.82) is 0 Å². The van der Waals surface area contributed by atoms with E-state index in [4.69, 9.17) is 37.0 Å². The van der Waals surface area contributed by atoms with Crippen molar-refractivity contribution in [3.63, 3.8) is 0 Å². The molecule has 632 valence electrons. The predicted octanol–water partition coefficient (Wildman–Crippen LogP) is 25.4. The van der Waals surface area contributed by atoms with Gasteiger partial charge < -0.3 is 33.8 Å². The summed E-state index contributed by atoms with van der Waals surface area (Å²) < 4.78 is 68.7. The largest absolute Gasteiger partial charge is 0.472 e. The number of aliphatic hydroxyl groups is 1. The van der Waals surface area contributed by atoms with E-state index < -0.39 is 97.5 Å². The molecule has 0 aromatic rings. The second kappa shape index (κ2) is 82.6. The van der Waals surface area contributed by atoms with Crippen LogP contribution in [0.3, 0.4) is 0 Å². The number of esters is 4. The Hall–Kier alpha value is -6.36. The summed E-state index contributed by atoms with van der Waals surface area (Å²) in [4.78, 5) is 73.2. The Kier molecular flexibility index (Phi) is 77.9. The minimum atomic E-state index is -5.02. The van der Waals surface area contributed by atoms with Crippen LogP contribution in [0.15, 0.2) is 207 Å². The zero-order valence-corrected chi connectivity index (χ0v) is 71.0. The molecule has 0 aromatic heterocycles. The Balaban J connectivity index is 5.52. The van der Waals surface area contributed by atoms with Crippen LogP contribution >= 0.6 is 15.6 Å². The normalized spacial score (nSPS) is 14.8. The van der Waals surface area contributed by atoms with Gasteiger partial charge in [-0.3, -0.25) is 37.3 Å². The highest BCUT2D eigenvalue weighted by atomic mass is 31.2. The van der Waals surface area contributed by atoms with Gasteiger partial charge >= 0.3 is 39.5 Å². The zero-order chi connectivity index (χ0) is 81.7. The van der Waals surface area contributed by atoms with Crippen molar-refractivity contribution in [3.8, 4) is 0 Å². The third kappa shape index (κ3) is 81.6. The van der Waals surface area contributed by atoms with E-state index in [1.54, 1.807) is 0 Å². The highest BCUT2D eigenvalue weighted by molar-refractivity contribution is 7.47. The molecule has 0 aliphatic carbocycles. The number of allylic oxidation sites excluding steroid dienone is 34. The number of aliphatic hydroxyl groups excluding tert-OH is 1. The number of ether oxygens (including phenoxy) is 4. The minimum Gasteiger partial charge on any atom is -0.462 e. The van der Waals surface area contributed by atoms with Crippen LogP contribution in [0, 0.1) is 0 Å². The van der Waals surface area contributed by atoms with E-state index in [-0.39, 0.29) is 25.7 Å². The van der Waals surface area contributed by atoms with Crippen molar-refractivity contribution in [2.24, 2.45) is 0 Å². The fraction of sp³-hybridized carbons (Fsp3) is 0.591. The summed E-state index contributed by atoms with van der Waals surface area (Å²) in [5.41, 5.74) is 0. The first-order valence-corrected chi connectivity index (χ1v) is 45.3. The summed E-state index contributed by atoms with van der Waals surface area (Å²) in [6, 6.07) is 0. The van der Waals surface area contributed by atoms with Gasteiger partial charge in [-0.05, 0) is 180 Å². The molecule has 5 unspecified atom stereocenters. The van der Waals surface area contributed by atoms with Crippen molar-refractivity contribution in [3.05, 3.63) is 207 Å². The van der Waals surface area contributed by atoms with Crippen LogP contribution in [0.2, 0.25) is 0 Å². The molecule has 112 heavy (non-hydrogen) atoms. The Morgan fingerprint density at radius 3 is 0.786 bits per heavy atom. The molecule has 0 rings (SSSR count). The summed E-state index contributed by atoms with van der Waals surface area (Å²) in [5.74, 6) is -2.37. The third-order valence-electron chi connectivity index (χ3n) is 16.7. The standard InChI is InChI=1S/C93H148O17P2/c1-5-9-13-17-21-25-29-33-37-40-43-46-50-53-57-61-65-69-73-77-90(95)103-83-88(109-92(97)79-75-71-67-63-59-55-49-36-32-28-24-20-16-12-8-4)85-107-111(99,100)105-81-87(94)82-106-112(101,102)108-86-89(110-93(98)80-76-72-68-64-60-56-52-48-45-42-39-35-31-27-23-19-15-11-7-3)84-104-91(96)78-74-70-66-62-58-54-51-47-44-41-38-34-30-26-22-18-14-10-6-2/h9-10,12-14,16,21-28,33-39,43-49,54,58-59,63,66,70,87-89,94H,5-8,11,15,17-20,29-32,40-42,50-53,55-57,60-62,64-65,67-69,71-86H2,1-4H3,(H,99,100)(H,101,102)/b13-9-,14-10-,16-12-,25-21-,26-22-,27-23-,28-24-,37-33-,38-34-,39-35-,46-43-,47-44-,48-45-,49-36-,58-54-,63-59-,70-66-. The number of carbonyl (C=O) groups is 4. The summed E-state index contributed by atoms with van der Waals surface area (Å²) in [7, 11) is -10.0. The van der Waals surface area contributed by atoms with E-state index in [0.29, 0.717) is 38.5 Å². The molecule has 0 aliphatic rings. The first-order valence-electron chi connectivity index (χ1n) is 42.3. The smallest absolute Gasteiger partial charge is 0.462 e. The molecule has 0 heterocycles. The van der Waals surface area contributed by atoms with E-state index in [9.17, 15) is 43.2 Å². The second-order valence-corrected chi connectivity index (χ2v) is 30.2. The molecule has 19 heteroatoms. The minimum absolute atomic E-state index is 0.0240. The molecule has 0 spiro atoms. The molecule has 0 saturated heterocycles. The van der Waals surface area contributed by atoms with Crippen LogP contribution < -0.4 is 0 Å². The van der Waals surface area contributed by atoms with Crippen molar-refractivity contribution in [1.82, 2.24) is 0 Å². The predicted molar refractivity (Wildman–Crippen MR) is 463 cm³/mol. The highest BCUT2D eigenvalue weighted by Gasteiger charge is 2.30. The highest BCUT2D eigenvalue weighted by Crippen LogP contribution is 2.45. The average Bonchev–Trinajstić information content (AvgIpc) is 0.898. The Morgan fingerprint density at radius 2 is 0.482 bits per heavy atom. The van der Waals surface area contributed by atoms with Gasteiger partial charge in [-0.2, -0.15) is 0 Å². The number of rotatable bonds is 77. The SMILES string of the molecule is CC/C=C\C/C=C\C/C=C\C/C=C\C/C=C\C/C=C\CCC(=O)OCC(COP(=O)(O)OCC(O)COP(=O)(O)OCC(COC(=O)CCCCCCCC/C=C\C/C=C\C/C=C\C/C=C\CC)OC(=O)CCCC/C=C\C/C=C\C/C=C\C/C=C\CC)OC(=O)CCCCCCCC/C=C\C/C=C\C/C=C\CCCCC. The molecule has 0 aliphatic heterocycles. The van der Waals surface area contributed by atoms with Gasteiger partial charge in [0.2, 0.25) is 0 Å². The monoisotopic (exact) mass is 1600 g/mol. The molecular weight excluding hydrogens is 1450 g/mol. The van der Waals surface area contributed by atoms with Crippen LogP contribution in [-0.2, 0) is 65.4 Å². The Bertz CT molecular complexity index is 2940. The second-order valence-electron chi connectivity index (χ2n) is 27.3. The van der Waals surface area contributed by atoms with Gasteiger partial charge in [0.15, 0.2) is 12.2 Å². The number of hydrogen-bond donors (Lipinski definition) is 3. The number of phosphoric ester groups is 2. The van der Waals surface area contributed by atoms with Crippen molar-refractivity contribution in [2.75, 3.05) is 39.6 Å². The van der Waals surface area contributed by atoms with Crippen molar-refractivity contribution < 1.29 is 80.2 Å². The van der Waals surface area contributed by atoms with Crippen LogP contribution in [-0.4, -0.2) is 96.7 Å². The maximum absolute atomic E-state index is 13.1. The molecule has 0 aromatic carbocycles. The molecule has 0 saturated carbocycles. The van der Waals surface area contributed by atoms with Crippen molar-refractivity contribution >= 4 is 39.5 Å². The first-order chi connectivity index (χ1) is 54.7. The lowest BCUT2D eigenvalue weighted by molar-refractivity contribution is -0.161. The number of carbonyl (C=O) groups excluding carboxylic acids is 4. The van der Waals surface area contributed by atoms with E-state index >= 15 is 0 Å². The molecule has 3 N–H and O–H groups in total. The molecule has 0 amide bonds. The maximum atomic E-state index is 13.1. The number of hydrogen-bond acceptors (Lipinski definition) is 15. The van der Waals surface area contributed by atoms with E-state index in [2.05, 4.69) is 216 Å². The van der Waals surface area contributed by atoms with Gasteiger partial charge in [-0.15, -0.1) is 0 Å². The molecule has 0 radical (unpaired) electrons. The van der Waals surface area contributed by atoms with Crippen LogP contribution in [0.4, 0.5) is 0 Å². The molecular formula is C93H148O17P2. The van der Waals surface area contributed by atoms with Gasteiger partial charge in [0.05, 0.1) is 26.4 Å². The van der Waals surface area contributed by atoms with E-state index in [1.807, 2.05) is 18.2 Å².